The highest BCUT2D eigenvalue weighted by atomic mass is 32.2. The van der Waals surface area contributed by atoms with Gasteiger partial charge in [0.25, 0.3) is 0 Å². The topological polar surface area (TPSA) is 89.7 Å². The summed E-state index contributed by atoms with van der Waals surface area (Å²) in [4.78, 5) is 14.6. The standard InChI is InChI=1S/C28H29F3N2O4S/c1-3-38(35,36)22-10-4-18(5-11-22)16-24-23(27(32)34)12-13-25(26(24)37-2)33-15-14-20(17-33)19-6-8-21(9-7-19)28(29,30)31/h4-13,20H,3,14-17H2,1-2H3,(H2,32,34). The van der Waals surface area contributed by atoms with Crippen LogP contribution in [-0.2, 0) is 22.4 Å². The summed E-state index contributed by atoms with van der Waals surface area (Å²) in [5.74, 6) is -0.0924. The van der Waals surface area contributed by atoms with E-state index in [9.17, 15) is 26.4 Å². The average Bonchev–Trinajstić information content (AvgIpc) is 3.38. The van der Waals surface area contributed by atoms with Gasteiger partial charge in [-0.1, -0.05) is 31.2 Å². The largest absolute Gasteiger partial charge is 0.494 e. The Morgan fingerprint density at radius 1 is 1.05 bits per heavy atom. The van der Waals surface area contributed by atoms with Crippen LogP contribution in [0.25, 0.3) is 0 Å². The van der Waals surface area contributed by atoms with Crippen LogP contribution in [0.2, 0.25) is 0 Å². The van der Waals surface area contributed by atoms with Gasteiger partial charge in [-0.15, -0.1) is 0 Å². The van der Waals surface area contributed by atoms with E-state index in [-0.39, 0.29) is 23.0 Å². The Kier molecular flexibility index (Phi) is 7.73. The molecule has 0 aromatic heterocycles. The van der Waals surface area contributed by atoms with Crippen molar-refractivity contribution in [2.24, 2.45) is 5.73 Å². The summed E-state index contributed by atoms with van der Waals surface area (Å²) in [6, 6.07) is 15.2. The van der Waals surface area contributed by atoms with E-state index in [0.717, 1.165) is 35.4 Å². The van der Waals surface area contributed by atoms with Crippen molar-refractivity contribution in [3.8, 4) is 5.75 Å². The molecule has 2 N–H and O–H groups in total. The third-order valence-corrected chi connectivity index (χ3v) is 8.74. The van der Waals surface area contributed by atoms with Gasteiger partial charge in [-0.25, -0.2) is 8.42 Å². The fourth-order valence-electron chi connectivity index (χ4n) is 4.88. The van der Waals surface area contributed by atoms with Gasteiger partial charge in [0.2, 0.25) is 5.91 Å². The Hall–Kier alpha value is -3.53. The molecule has 1 unspecified atom stereocenters. The van der Waals surface area contributed by atoms with Crippen LogP contribution in [0.3, 0.4) is 0 Å². The number of anilines is 1. The van der Waals surface area contributed by atoms with E-state index in [1.807, 2.05) is 0 Å². The van der Waals surface area contributed by atoms with Gasteiger partial charge in [-0.3, -0.25) is 4.79 Å². The lowest BCUT2D eigenvalue weighted by Gasteiger charge is -2.24. The van der Waals surface area contributed by atoms with E-state index in [1.54, 1.807) is 43.3 Å². The minimum Gasteiger partial charge on any atom is -0.494 e. The number of hydrogen-bond donors (Lipinski definition) is 1. The Morgan fingerprint density at radius 2 is 1.71 bits per heavy atom. The Labute approximate surface area is 220 Å². The first-order valence-corrected chi connectivity index (χ1v) is 13.8. The van der Waals surface area contributed by atoms with Gasteiger partial charge in [-0.2, -0.15) is 13.2 Å². The van der Waals surface area contributed by atoms with Crippen molar-refractivity contribution >= 4 is 21.4 Å². The molecular weight excluding hydrogens is 517 g/mol. The van der Waals surface area contributed by atoms with E-state index in [1.165, 1.54) is 19.2 Å². The van der Waals surface area contributed by atoms with Gasteiger partial charge in [0.05, 0.1) is 29.0 Å². The molecule has 1 atom stereocenters. The number of halogens is 3. The van der Waals surface area contributed by atoms with Gasteiger partial charge in [0.15, 0.2) is 9.84 Å². The average molecular weight is 547 g/mol. The molecule has 1 saturated heterocycles. The summed E-state index contributed by atoms with van der Waals surface area (Å²) in [5.41, 5.74) is 8.24. The molecule has 1 fully saturated rings. The highest BCUT2D eigenvalue weighted by Crippen LogP contribution is 2.40. The van der Waals surface area contributed by atoms with E-state index in [0.29, 0.717) is 30.0 Å². The second kappa shape index (κ2) is 10.7. The van der Waals surface area contributed by atoms with Crippen LogP contribution in [0, 0.1) is 0 Å². The lowest BCUT2D eigenvalue weighted by atomic mass is 9.96. The zero-order chi connectivity index (χ0) is 27.7. The lowest BCUT2D eigenvalue weighted by Crippen LogP contribution is -2.22. The fraction of sp³-hybridized carbons (Fsp3) is 0.321. The van der Waals surface area contributed by atoms with Crippen LogP contribution in [0.4, 0.5) is 18.9 Å². The smallest absolute Gasteiger partial charge is 0.416 e. The molecule has 0 aliphatic carbocycles. The zero-order valence-corrected chi connectivity index (χ0v) is 21.9. The number of methoxy groups -OCH3 is 1. The van der Waals surface area contributed by atoms with Crippen LogP contribution in [-0.4, -0.2) is 40.3 Å². The van der Waals surface area contributed by atoms with Crippen molar-refractivity contribution in [3.63, 3.8) is 0 Å². The molecule has 1 heterocycles. The third kappa shape index (κ3) is 5.65. The number of rotatable bonds is 8. The van der Waals surface area contributed by atoms with Crippen molar-refractivity contribution in [1.82, 2.24) is 0 Å². The maximum atomic E-state index is 13.0. The van der Waals surface area contributed by atoms with E-state index in [2.05, 4.69) is 4.90 Å². The number of benzene rings is 3. The maximum Gasteiger partial charge on any atom is 0.416 e. The van der Waals surface area contributed by atoms with E-state index < -0.39 is 27.5 Å². The quantitative estimate of drug-likeness (QED) is 0.420. The number of nitrogens with zero attached hydrogens (tertiary/aromatic N) is 1. The molecule has 0 bridgehead atoms. The van der Waals surface area contributed by atoms with Gasteiger partial charge in [0.1, 0.15) is 5.75 Å². The highest BCUT2D eigenvalue weighted by molar-refractivity contribution is 7.91. The third-order valence-electron chi connectivity index (χ3n) is 6.99. The summed E-state index contributed by atoms with van der Waals surface area (Å²) >= 11 is 0. The van der Waals surface area contributed by atoms with Crippen LogP contribution >= 0.6 is 0 Å². The monoisotopic (exact) mass is 546 g/mol. The van der Waals surface area contributed by atoms with E-state index in [4.69, 9.17) is 10.5 Å². The minimum absolute atomic E-state index is 0.00264. The van der Waals surface area contributed by atoms with Crippen molar-refractivity contribution < 1.29 is 31.1 Å². The summed E-state index contributed by atoms with van der Waals surface area (Å²) in [6.45, 7) is 2.81. The molecule has 1 amide bonds. The first-order valence-electron chi connectivity index (χ1n) is 12.2. The molecule has 4 rings (SSSR count). The number of nitrogens with two attached hydrogens (primary N) is 1. The van der Waals surface area contributed by atoms with E-state index >= 15 is 0 Å². The molecule has 202 valence electrons. The Balaban J connectivity index is 1.63. The molecule has 1 aliphatic heterocycles. The summed E-state index contributed by atoms with van der Waals surface area (Å²) in [6.07, 6.45) is -3.34. The number of amides is 1. The summed E-state index contributed by atoms with van der Waals surface area (Å²) in [7, 11) is -1.83. The van der Waals surface area contributed by atoms with Crippen molar-refractivity contribution in [3.05, 3.63) is 88.5 Å². The number of alkyl halides is 3. The molecule has 1 aliphatic rings. The Morgan fingerprint density at radius 3 is 2.26 bits per heavy atom. The minimum atomic E-state index is -4.38. The second-order valence-corrected chi connectivity index (χ2v) is 11.6. The number of hydrogen-bond acceptors (Lipinski definition) is 5. The second-order valence-electron chi connectivity index (χ2n) is 9.28. The maximum absolute atomic E-state index is 13.0. The lowest BCUT2D eigenvalue weighted by molar-refractivity contribution is -0.137. The first kappa shape index (κ1) is 27.5. The molecule has 0 radical (unpaired) electrons. The van der Waals surface area contributed by atoms with Crippen molar-refractivity contribution in [2.45, 2.75) is 36.8 Å². The fourth-order valence-corrected chi connectivity index (χ4v) is 5.76. The molecule has 3 aromatic carbocycles. The molecule has 0 saturated carbocycles. The number of sulfone groups is 1. The van der Waals surface area contributed by atoms with Crippen LogP contribution in [0.1, 0.15) is 51.9 Å². The molecule has 3 aromatic rings. The molecule has 0 spiro atoms. The SMILES string of the molecule is CCS(=O)(=O)c1ccc(Cc2c(C(N)=O)ccc(N3CCC(c4ccc(C(F)(F)F)cc4)C3)c2OC)cc1. The predicted octanol–water partition coefficient (Wildman–Crippen LogP) is 5.19. The number of primary amides is 1. The van der Waals surface area contributed by atoms with Gasteiger partial charge in [-0.05, 0) is 53.9 Å². The normalized spacial score (nSPS) is 16.0. The van der Waals surface area contributed by atoms with Crippen molar-refractivity contribution in [2.75, 3.05) is 30.9 Å². The zero-order valence-electron chi connectivity index (χ0n) is 21.1. The van der Waals surface area contributed by atoms with Crippen LogP contribution in [0.15, 0.2) is 65.6 Å². The summed E-state index contributed by atoms with van der Waals surface area (Å²) < 4.78 is 68.9. The van der Waals surface area contributed by atoms with Gasteiger partial charge in [0, 0.05) is 36.6 Å². The van der Waals surface area contributed by atoms with Crippen molar-refractivity contribution in [1.29, 1.82) is 0 Å². The number of ether oxygens (including phenoxy) is 1. The molecule has 6 nitrogen and oxygen atoms in total. The highest BCUT2D eigenvalue weighted by Gasteiger charge is 2.32. The number of carbonyl (C=O) groups excluding carboxylic acids is 1. The molecule has 10 heteroatoms. The molecular formula is C28H29F3N2O4S. The van der Waals surface area contributed by atoms with Gasteiger partial charge < -0.3 is 15.4 Å². The van der Waals surface area contributed by atoms with Crippen LogP contribution in [0.5, 0.6) is 5.75 Å². The molecule has 38 heavy (non-hydrogen) atoms. The predicted molar refractivity (Wildman–Crippen MR) is 140 cm³/mol. The Bertz CT molecular complexity index is 1420. The summed E-state index contributed by atoms with van der Waals surface area (Å²) in [5, 5.41) is 0. The van der Waals surface area contributed by atoms with Crippen LogP contribution < -0.4 is 15.4 Å². The number of carbonyl (C=O) groups is 1. The first-order chi connectivity index (χ1) is 17.9. The van der Waals surface area contributed by atoms with Gasteiger partial charge >= 0.3 is 6.18 Å².